The molecular formula is C15H20BrN3O. The Balaban J connectivity index is 2.21. The molecule has 2 N–H and O–H groups in total. The van der Waals surface area contributed by atoms with Crippen LogP contribution in [0.2, 0.25) is 0 Å². The second-order valence-electron chi connectivity index (χ2n) is 5.76. The van der Waals surface area contributed by atoms with Gasteiger partial charge in [-0.2, -0.15) is 0 Å². The van der Waals surface area contributed by atoms with Crippen molar-refractivity contribution in [2.75, 3.05) is 13.2 Å². The molecule has 5 heteroatoms. The fraction of sp³-hybridized carbons (Fsp3) is 0.533. The van der Waals surface area contributed by atoms with E-state index in [-0.39, 0.29) is 11.5 Å². The number of aryl methyl sites for hydroxylation is 1. The molecule has 2 aromatic rings. The van der Waals surface area contributed by atoms with Gasteiger partial charge < -0.3 is 15.0 Å². The molecular weight excluding hydrogens is 318 g/mol. The van der Waals surface area contributed by atoms with Gasteiger partial charge in [0.15, 0.2) is 0 Å². The van der Waals surface area contributed by atoms with Crippen LogP contribution in [0.5, 0.6) is 0 Å². The molecule has 20 heavy (non-hydrogen) atoms. The van der Waals surface area contributed by atoms with Gasteiger partial charge in [-0.1, -0.05) is 22.9 Å². The Bertz CT molecular complexity index is 639. The first-order valence-electron chi connectivity index (χ1n) is 7.06. The number of nitrogens with two attached hydrogens (primary N) is 1. The molecule has 1 aromatic heterocycles. The number of hydrogen-bond donors (Lipinski definition) is 1. The molecule has 1 aliphatic heterocycles. The van der Waals surface area contributed by atoms with Crippen LogP contribution >= 0.6 is 15.9 Å². The Morgan fingerprint density at radius 1 is 1.55 bits per heavy atom. The van der Waals surface area contributed by atoms with E-state index in [1.54, 1.807) is 0 Å². The van der Waals surface area contributed by atoms with Gasteiger partial charge in [-0.05, 0) is 31.5 Å². The second-order valence-corrected chi connectivity index (χ2v) is 6.67. The predicted molar refractivity (Wildman–Crippen MR) is 83.9 cm³/mol. The zero-order valence-corrected chi connectivity index (χ0v) is 13.5. The third-order valence-corrected chi connectivity index (χ3v) is 4.68. The van der Waals surface area contributed by atoms with Crippen LogP contribution in [0.25, 0.3) is 11.0 Å². The minimum absolute atomic E-state index is 0.00152. The largest absolute Gasteiger partial charge is 0.379 e. The van der Waals surface area contributed by atoms with Crippen LogP contribution in [0.4, 0.5) is 0 Å². The van der Waals surface area contributed by atoms with E-state index in [0.29, 0.717) is 13.2 Å². The Kier molecular flexibility index (Phi) is 3.60. The Morgan fingerprint density at radius 2 is 2.35 bits per heavy atom. The lowest BCUT2D eigenvalue weighted by Crippen LogP contribution is -2.43. The molecule has 0 spiro atoms. The maximum atomic E-state index is 6.27. The molecule has 0 saturated carbocycles. The van der Waals surface area contributed by atoms with Crippen LogP contribution < -0.4 is 5.73 Å². The number of halogens is 1. The smallest absolute Gasteiger partial charge is 0.119 e. The standard InChI is InChI=1S/C15H20BrN3O/c1-3-6-19-12-5-4-10(16)7-11(12)18-14(19)15(2)9-20-8-13(15)17/h4-5,7,13H,3,6,8-9,17H2,1-2H3. The number of ether oxygens (including phenoxy) is 1. The number of benzene rings is 1. The van der Waals surface area contributed by atoms with Crippen LogP contribution in [0.3, 0.4) is 0 Å². The Morgan fingerprint density at radius 3 is 3.00 bits per heavy atom. The lowest BCUT2D eigenvalue weighted by molar-refractivity contribution is 0.177. The molecule has 3 rings (SSSR count). The maximum absolute atomic E-state index is 6.27. The molecule has 0 bridgehead atoms. The minimum atomic E-state index is -0.208. The van der Waals surface area contributed by atoms with Gasteiger partial charge in [-0.3, -0.25) is 0 Å². The van der Waals surface area contributed by atoms with E-state index in [4.69, 9.17) is 15.5 Å². The molecule has 2 unspecified atom stereocenters. The third-order valence-electron chi connectivity index (χ3n) is 4.19. The number of hydrogen-bond acceptors (Lipinski definition) is 3. The van der Waals surface area contributed by atoms with Crippen LogP contribution in [-0.2, 0) is 16.7 Å². The Hall–Kier alpha value is -0.910. The minimum Gasteiger partial charge on any atom is -0.379 e. The number of imidazole rings is 1. The van der Waals surface area contributed by atoms with E-state index in [9.17, 15) is 0 Å². The summed E-state index contributed by atoms with van der Waals surface area (Å²) in [6.07, 6.45) is 1.07. The van der Waals surface area contributed by atoms with E-state index in [0.717, 1.165) is 28.8 Å². The number of rotatable bonds is 3. The first kappa shape index (κ1) is 14.0. The monoisotopic (exact) mass is 337 g/mol. The number of nitrogens with zero attached hydrogens (tertiary/aromatic N) is 2. The van der Waals surface area contributed by atoms with Crippen molar-refractivity contribution in [3.05, 3.63) is 28.5 Å². The summed E-state index contributed by atoms with van der Waals surface area (Å²) >= 11 is 3.52. The van der Waals surface area contributed by atoms with E-state index < -0.39 is 0 Å². The average molecular weight is 338 g/mol. The summed E-state index contributed by atoms with van der Waals surface area (Å²) in [5.41, 5.74) is 8.26. The Labute approximate surface area is 127 Å². The molecule has 0 radical (unpaired) electrons. The fourth-order valence-corrected chi connectivity index (χ4v) is 3.26. The number of aromatic nitrogens is 2. The summed E-state index contributed by atoms with van der Waals surface area (Å²) in [5, 5.41) is 0. The van der Waals surface area contributed by atoms with Gasteiger partial charge in [0.2, 0.25) is 0 Å². The highest BCUT2D eigenvalue weighted by atomic mass is 79.9. The normalized spacial score (nSPS) is 26.5. The van der Waals surface area contributed by atoms with Crippen molar-refractivity contribution in [1.82, 2.24) is 9.55 Å². The molecule has 0 amide bonds. The summed E-state index contributed by atoms with van der Waals surface area (Å²) in [6, 6.07) is 6.25. The fourth-order valence-electron chi connectivity index (χ4n) is 2.91. The summed E-state index contributed by atoms with van der Waals surface area (Å²) in [7, 11) is 0. The van der Waals surface area contributed by atoms with Gasteiger partial charge in [-0.15, -0.1) is 0 Å². The van der Waals surface area contributed by atoms with Crippen molar-refractivity contribution >= 4 is 27.0 Å². The molecule has 108 valence electrons. The van der Waals surface area contributed by atoms with Gasteiger partial charge in [0.25, 0.3) is 0 Å². The summed E-state index contributed by atoms with van der Waals surface area (Å²) in [4.78, 5) is 4.87. The molecule has 2 heterocycles. The molecule has 1 fully saturated rings. The van der Waals surface area contributed by atoms with Crippen LogP contribution in [-0.4, -0.2) is 28.8 Å². The van der Waals surface area contributed by atoms with Gasteiger partial charge in [0.1, 0.15) is 5.82 Å². The zero-order valence-electron chi connectivity index (χ0n) is 11.9. The summed E-state index contributed by atoms with van der Waals surface area (Å²) in [6.45, 7) is 6.54. The SMILES string of the molecule is CCCn1c(C2(C)COCC2N)nc2cc(Br)ccc21. The van der Waals surface area contributed by atoms with Crippen molar-refractivity contribution in [2.24, 2.45) is 5.73 Å². The van der Waals surface area contributed by atoms with Crippen LogP contribution in [0.1, 0.15) is 26.1 Å². The molecule has 4 nitrogen and oxygen atoms in total. The topological polar surface area (TPSA) is 53.1 Å². The average Bonchev–Trinajstić information content (AvgIpc) is 2.93. The quantitative estimate of drug-likeness (QED) is 0.936. The van der Waals surface area contributed by atoms with Crippen molar-refractivity contribution in [2.45, 2.75) is 38.3 Å². The van der Waals surface area contributed by atoms with Gasteiger partial charge in [0, 0.05) is 17.1 Å². The molecule has 1 aromatic carbocycles. The first-order valence-corrected chi connectivity index (χ1v) is 7.85. The summed E-state index contributed by atoms with van der Waals surface area (Å²) < 4.78 is 8.94. The van der Waals surface area contributed by atoms with E-state index in [1.165, 1.54) is 5.52 Å². The van der Waals surface area contributed by atoms with Crippen LogP contribution in [0.15, 0.2) is 22.7 Å². The highest BCUT2D eigenvalue weighted by molar-refractivity contribution is 9.10. The van der Waals surface area contributed by atoms with E-state index in [1.807, 2.05) is 0 Å². The van der Waals surface area contributed by atoms with Gasteiger partial charge >= 0.3 is 0 Å². The van der Waals surface area contributed by atoms with Crippen LogP contribution in [0, 0.1) is 0 Å². The summed E-state index contributed by atoms with van der Waals surface area (Å²) in [5.74, 6) is 1.05. The van der Waals surface area contributed by atoms with Gasteiger partial charge in [0.05, 0.1) is 29.7 Å². The molecule has 0 aliphatic carbocycles. The van der Waals surface area contributed by atoms with E-state index >= 15 is 0 Å². The lowest BCUT2D eigenvalue weighted by Gasteiger charge is -2.27. The van der Waals surface area contributed by atoms with Crippen molar-refractivity contribution < 1.29 is 4.74 Å². The number of fused-ring (bicyclic) bond motifs is 1. The molecule has 1 saturated heterocycles. The van der Waals surface area contributed by atoms with Crippen molar-refractivity contribution in [3.8, 4) is 0 Å². The lowest BCUT2D eigenvalue weighted by atomic mass is 9.85. The first-order chi connectivity index (χ1) is 9.56. The van der Waals surface area contributed by atoms with E-state index in [2.05, 4.69) is 52.5 Å². The van der Waals surface area contributed by atoms with Crippen molar-refractivity contribution in [3.63, 3.8) is 0 Å². The van der Waals surface area contributed by atoms with Crippen molar-refractivity contribution in [1.29, 1.82) is 0 Å². The zero-order chi connectivity index (χ0) is 14.3. The third kappa shape index (κ3) is 2.08. The maximum Gasteiger partial charge on any atom is 0.119 e. The molecule has 2 atom stereocenters. The predicted octanol–water partition coefficient (Wildman–Crippen LogP) is 2.82. The second kappa shape index (κ2) is 5.13. The highest BCUT2D eigenvalue weighted by Crippen LogP contribution is 2.34. The highest BCUT2D eigenvalue weighted by Gasteiger charge is 2.43. The molecule has 1 aliphatic rings. The van der Waals surface area contributed by atoms with Gasteiger partial charge in [-0.25, -0.2) is 4.98 Å².